The van der Waals surface area contributed by atoms with Crippen LogP contribution in [-0.2, 0) is 11.3 Å². The number of benzene rings is 2. The molecule has 1 atom stereocenters. The molecule has 2 aliphatic heterocycles. The molecule has 42 heavy (non-hydrogen) atoms. The highest BCUT2D eigenvalue weighted by Crippen LogP contribution is 2.49. The molecule has 10 heteroatoms. The molecule has 0 saturated carbocycles. The molecule has 2 aromatic carbocycles. The Balaban J connectivity index is 1.59. The van der Waals surface area contributed by atoms with Gasteiger partial charge in [-0.25, -0.2) is 9.18 Å². The van der Waals surface area contributed by atoms with Crippen LogP contribution in [0.4, 0.5) is 9.18 Å². The van der Waals surface area contributed by atoms with Gasteiger partial charge in [-0.3, -0.25) is 9.88 Å². The van der Waals surface area contributed by atoms with E-state index >= 15 is 4.39 Å². The van der Waals surface area contributed by atoms with E-state index in [1.807, 2.05) is 47.6 Å². The van der Waals surface area contributed by atoms with Gasteiger partial charge < -0.3 is 24.2 Å². The minimum Gasteiger partial charge on any atom is -0.507 e. The molecule has 2 aliphatic rings. The van der Waals surface area contributed by atoms with Crippen LogP contribution >= 0.6 is 11.6 Å². The van der Waals surface area contributed by atoms with Gasteiger partial charge in [0.1, 0.15) is 35.3 Å². The number of carbonyl (C=O) groups is 1. The highest BCUT2D eigenvalue weighted by Gasteiger charge is 2.37. The third kappa shape index (κ3) is 5.99. The van der Waals surface area contributed by atoms with Gasteiger partial charge in [-0.05, 0) is 63.4 Å². The summed E-state index contributed by atoms with van der Waals surface area (Å²) in [4.78, 5) is 21.3. The minimum atomic E-state index is -0.623. The SMILES string of the molecule is Cc1ccnc(C(C)C)c1Oc1cc(-c2c(O)cccc2F)c(Cl)c2c1CN1CCN(C(=O)OC(C)(C)C)C[C@H]1CO2. The fraction of sp³-hybridized carbons (Fsp3) is 0.438. The van der Waals surface area contributed by atoms with E-state index in [0.717, 1.165) is 11.3 Å². The van der Waals surface area contributed by atoms with E-state index in [1.165, 1.54) is 18.2 Å². The van der Waals surface area contributed by atoms with Gasteiger partial charge in [-0.1, -0.05) is 31.5 Å². The normalized spacial score (nSPS) is 17.3. The molecule has 3 aromatic rings. The predicted molar refractivity (Wildman–Crippen MR) is 159 cm³/mol. The number of pyridine rings is 1. The first-order valence-electron chi connectivity index (χ1n) is 14.2. The zero-order valence-electron chi connectivity index (χ0n) is 24.8. The van der Waals surface area contributed by atoms with Crippen molar-refractivity contribution in [2.45, 2.75) is 65.6 Å². The number of nitrogens with zero attached hydrogens (tertiary/aromatic N) is 3. The average Bonchev–Trinajstić information content (AvgIpc) is 3.10. The van der Waals surface area contributed by atoms with Crippen LogP contribution in [0.2, 0.25) is 5.02 Å². The van der Waals surface area contributed by atoms with E-state index in [9.17, 15) is 9.90 Å². The quantitative estimate of drug-likeness (QED) is 0.338. The molecule has 0 spiro atoms. The number of phenolic OH excluding ortho intramolecular Hbond substituents is 1. The second kappa shape index (κ2) is 11.6. The Morgan fingerprint density at radius 2 is 2.00 bits per heavy atom. The number of aromatic nitrogens is 1. The van der Waals surface area contributed by atoms with E-state index in [0.29, 0.717) is 49.0 Å². The Morgan fingerprint density at radius 1 is 1.24 bits per heavy atom. The summed E-state index contributed by atoms with van der Waals surface area (Å²) in [5, 5.41) is 10.8. The molecule has 1 N–H and O–H groups in total. The third-order valence-electron chi connectivity index (χ3n) is 7.47. The highest BCUT2D eigenvalue weighted by molar-refractivity contribution is 6.35. The van der Waals surface area contributed by atoms with Crippen molar-refractivity contribution in [2.75, 3.05) is 26.2 Å². The molecule has 8 nitrogen and oxygen atoms in total. The number of hydrogen-bond donors (Lipinski definition) is 1. The van der Waals surface area contributed by atoms with Crippen molar-refractivity contribution in [1.29, 1.82) is 0 Å². The standard InChI is InChI=1S/C32H37ClFN3O5/c1-18(2)28-29(19(3)10-11-35-28)41-25-14-21(26-23(34)8-7-9-24(26)38)27(33)30-22(25)16-36-12-13-37(15-20(36)17-40-30)31(39)42-32(4,5)6/h7-11,14,18,20,38H,12-13,15-17H2,1-6H3/t20-/m0/s1. The van der Waals surface area contributed by atoms with Crippen molar-refractivity contribution in [2.24, 2.45) is 0 Å². The molecule has 5 rings (SSSR count). The summed E-state index contributed by atoms with van der Waals surface area (Å²) in [6.07, 6.45) is 1.39. The van der Waals surface area contributed by atoms with Gasteiger partial charge >= 0.3 is 6.09 Å². The number of piperazine rings is 1. The van der Waals surface area contributed by atoms with E-state index in [-0.39, 0.29) is 46.6 Å². The topological polar surface area (TPSA) is 84.4 Å². The molecular weight excluding hydrogens is 561 g/mol. The van der Waals surface area contributed by atoms with Gasteiger partial charge in [0.15, 0.2) is 5.75 Å². The molecule has 1 fully saturated rings. The first-order chi connectivity index (χ1) is 19.8. The predicted octanol–water partition coefficient (Wildman–Crippen LogP) is 7.28. The van der Waals surface area contributed by atoms with Gasteiger partial charge in [0, 0.05) is 37.9 Å². The summed E-state index contributed by atoms with van der Waals surface area (Å²) < 4.78 is 33.7. The van der Waals surface area contributed by atoms with Gasteiger partial charge in [0.25, 0.3) is 0 Å². The smallest absolute Gasteiger partial charge is 0.410 e. The average molecular weight is 598 g/mol. The van der Waals surface area contributed by atoms with E-state index in [1.54, 1.807) is 17.2 Å². The van der Waals surface area contributed by atoms with Crippen LogP contribution in [0.3, 0.4) is 0 Å². The first-order valence-corrected chi connectivity index (χ1v) is 14.5. The van der Waals surface area contributed by atoms with Crippen LogP contribution in [-0.4, -0.2) is 63.9 Å². The van der Waals surface area contributed by atoms with Crippen molar-refractivity contribution in [3.05, 3.63) is 64.2 Å². The summed E-state index contributed by atoms with van der Waals surface area (Å²) in [6.45, 7) is 13.7. The van der Waals surface area contributed by atoms with Crippen molar-refractivity contribution in [3.63, 3.8) is 0 Å². The maximum atomic E-state index is 15.1. The number of amides is 1. The van der Waals surface area contributed by atoms with Crippen LogP contribution in [0.1, 0.15) is 57.4 Å². The van der Waals surface area contributed by atoms with Crippen LogP contribution in [0.25, 0.3) is 11.1 Å². The van der Waals surface area contributed by atoms with Gasteiger partial charge in [0.05, 0.1) is 27.9 Å². The lowest BCUT2D eigenvalue weighted by Gasteiger charge is -2.40. The van der Waals surface area contributed by atoms with Crippen LogP contribution in [0.15, 0.2) is 36.5 Å². The molecule has 1 saturated heterocycles. The lowest BCUT2D eigenvalue weighted by atomic mass is 9.99. The van der Waals surface area contributed by atoms with Crippen LogP contribution in [0.5, 0.6) is 23.0 Å². The molecule has 3 heterocycles. The van der Waals surface area contributed by atoms with E-state index in [2.05, 4.69) is 9.88 Å². The molecule has 0 radical (unpaired) electrons. The van der Waals surface area contributed by atoms with Crippen molar-refractivity contribution in [1.82, 2.24) is 14.8 Å². The second-order valence-electron chi connectivity index (χ2n) is 12.1. The Hall–Kier alpha value is -3.56. The number of phenols is 1. The molecular formula is C32H37ClFN3O5. The number of aryl methyl sites for hydroxylation is 1. The second-order valence-corrected chi connectivity index (χ2v) is 12.5. The molecule has 0 bridgehead atoms. The summed E-state index contributed by atoms with van der Waals surface area (Å²) >= 11 is 6.94. The maximum Gasteiger partial charge on any atom is 0.410 e. The van der Waals surface area contributed by atoms with Gasteiger partial charge in [-0.2, -0.15) is 0 Å². The molecule has 224 valence electrons. The maximum absolute atomic E-state index is 15.1. The third-order valence-corrected chi connectivity index (χ3v) is 7.84. The molecule has 1 aromatic heterocycles. The number of ether oxygens (including phenoxy) is 3. The van der Waals surface area contributed by atoms with Crippen molar-refractivity contribution >= 4 is 17.7 Å². The number of carbonyl (C=O) groups excluding carboxylic acids is 1. The summed E-state index contributed by atoms with van der Waals surface area (Å²) in [7, 11) is 0. The fourth-order valence-corrected chi connectivity index (χ4v) is 5.67. The minimum absolute atomic E-state index is 0.0381. The monoisotopic (exact) mass is 597 g/mol. The number of aromatic hydroxyl groups is 1. The first kappa shape index (κ1) is 29.9. The van der Waals surface area contributed by atoms with Crippen LogP contribution < -0.4 is 9.47 Å². The lowest BCUT2D eigenvalue weighted by Crippen LogP contribution is -2.56. The zero-order chi connectivity index (χ0) is 30.3. The van der Waals surface area contributed by atoms with Gasteiger partial charge in [0.2, 0.25) is 0 Å². The Kier molecular flexibility index (Phi) is 8.27. The van der Waals surface area contributed by atoms with E-state index in [4.69, 9.17) is 25.8 Å². The largest absolute Gasteiger partial charge is 0.507 e. The van der Waals surface area contributed by atoms with Crippen molar-refractivity contribution < 1.29 is 28.5 Å². The van der Waals surface area contributed by atoms with Crippen LogP contribution in [0, 0.1) is 12.7 Å². The summed E-state index contributed by atoms with van der Waals surface area (Å²) in [5.41, 5.74) is 2.00. The van der Waals surface area contributed by atoms with Crippen molar-refractivity contribution in [3.8, 4) is 34.1 Å². The highest BCUT2D eigenvalue weighted by atomic mass is 35.5. The number of halogens is 2. The van der Waals surface area contributed by atoms with E-state index < -0.39 is 11.4 Å². The number of fused-ring (bicyclic) bond motifs is 2. The fourth-order valence-electron chi connectivity index (χ4n) is 5.35. The Morgan fingerprint density at radius 3 is 2.69 bits per heavy atom. The molecule has 0 aliphatic carbocycles. The lowest BCUT2D eigenvalue weighted by molar-refractivity contribution is -0.00160. The Labute approximate surface area is 251 Å². The summed E-state index contributed by atoms with van der Waals surface area (Å²) in [5.74, 6) is 0.612. The summed E-state index contributed by atoms with van der Waals surface area (Å²) in [6, 6.07) is 7.51. The molecule has 0 unspecified atom stereocenters. The number of hydrogen-bond acceptors (Lipinski definition) is 7. The number of rotatable bonds is 4. The molecule has 1 amide bonds. The zero-order valence-corrected chi connectivity index (χ0v) is 25.6. The Bertz CT molecular complexity index is 1490. The van der Waals surface area contributed by atoms with Gasteiger partial charge in [-0.15, -0.1) is 0 Å².